The molecule has 0 aliphatic heterocycles. The molecule has 1 nitrogen and oxygen atoms in total. The van der Waals surface area contributed by atoms with E-state index in [4.69, 9.17) is 4.74 Å². The van der Waals surface area contributed by atoms with Crippen LogP contribution in [0.5, 0.6) is 0 Å². The van der Waals surface area contributed by atoms with Crippen molar-refractivity contribution in [3.63, 3.8) is 0 Å². The van der Waals surface area contributed by atoms with Crippen molar-refractivity contribution in [1.29, 1.82) is 0 Å². The van der Waals surface area contributed by atoms with Crippen LogP contribution in [0.15, 0.2) is 36.6 Å². The van der Waals surface area contributed by atoms with E-state index in [-0.39, 0.29) is 0 Å². The zero-order valence-corrected chi connectivity index (χ0v) is 23.7. The first-order valence-corrected chi connectivity index (χ1v) is 15.5. The summed E-state index contributed by atoms with van der Waals surface area (Å²) >= 11 is 0. The second kappa shape index (κ2) is 30.1. The lowest BCUT2D eigenvalue weighted by Crippen LogP contribution is -2.09. The molecule has 0 amide bonds. The van der Waals surface area contributed by atoms with E-state index < -0.39 is 0 Å². The van der Waals surface area contributed by atoms with Gasteiger partial charge in [-0.3, -0.25) is 0 Å². The summed E-state index contributed by atoms with van der Waals surface area (Å²) in [5.74, 6) is 0. The molecular formula is C33H62O. The molecule has 200 valence electrons. The number of unbranched alkanes of at least 4 members (excludes halogenated alkanes) is 16. The molecule has 0 radical (unpaired) electrons. The van der Waals surface area contributed by atoms with Gasteiger partial charge in [0.2, 0.25) is 0 Å². The SMILES string of the molecule is CC/C=C/OC(CCCCCCCC/C=C\C/C=C\CCCCC)CCCCCCCCCC. The lowest BCUT2D eigenvalue weighted by molar-refractivity contribution is 0.120. The molecular weight excluding hydrogens is 412 g/mol. The molecule has 0 saturated carbocycles. The monoisotopic (exact) mass is 474 g/mol. The molecule has 34 heavy (non-hydrogen) atoms. The van der Waals surface area contributed by atoms with Gasteiger partial charge in [0.05, 0.1) is 12.4 Å². The fourth-order valence-corrected chi connectivity index (χ4v) is 4.41. The molecule has 1 atom stereocenters. The summed E-state index contributed by atoms with van der Waals surface area (Å²) in [7, 11) is 0. The molecule has 0 spiro atoms. The van der Waals surface area contributed by atoms with Crippen LogP contribution in [-0.2, 0) is 4.74 Å². The number of hydrogen-bond donors (Lipinski definition) is 0. The number of ether oxygens (including phenoxy) is 1. The Labute approximate surface area is 215 Å². The van der Waals surface area contributed by atoms with E-state index in [1.165, 1.54) is 135 Å². The molecule has 0 bridgehead atoms. The highest BCUT2D eigenvalue weighted by molar-refractivity contribution is 4.92. The third-order valence-corrected chi connectivity index (χ3v) is 6.71. The van der Waals surface area contributed by atoms with Crippen molar-refractivity contribution < 1.29 is 4.74 Å². The van der Waals surface area contributed by atoms with Crippen LogP contribution in [0.25, 0.3) is 0 Å². The van der Waals surface area contributed by atoms with Gasteiger partial charge in [-0.1, -0.05) is 135 Å². The van der Waals surface area contributed by atoms with Crippen LogP contribution in [0.2, 0.25) is 0 Å². The highest BCUT2D eigenvalue weighted by Crippen LogP contribution is 2.17. The van der Waals surface area contributed by atoms with Crippen molar-refractivity contribution >= 4 is 0 Å². The predicted molar refractivity (Wildman–Crippen MR) is 156 cm³/mol. The van der Waals surface area contributed by atoms with Gasteiger partial charge in [-0.2, -0.15) is 0 Å². The van der Waals surface area contributed by atoms with E-state index in [1.807, 2.05) is 6.26 Å². The maximum atomic E-state index is 6.07. The van der Waals surface area contributed by atoms with Crippen LogP contribution in [0.4, 0.5) is 0 Å². The summed E-state index contributed by atoms with van der Waals surface area (Å²) in [4.78, 5) is 0. The van der Waals surface area contributed by atoms with Crippen molar-refractivity contribution in [3.05, 3.63) is 36.6 Å². The van der Waals surface area contributed by atoms with Crippen LogP contribution in [-0.4, -0.2) is 6.10 Å². The first-order valence-electron chi connectivity index (χ1n) is 15.5. The van der Waals surface area contributed by atoms with Gasteiger partial charge in [-0.15, -0.1) is 0 Å². The fraction of sp³-hybridized carbons (Fsp3) is 0.818. The molecule has 0 fully saturated rings. The van der Waals surface area contributed by atoms with Crippen LogP contribution < -0.4 is 0 Å². The van der Waals surface area contributed by atoms with E-state index in [9.17, 15) is 0 Å². The van der Waals surface area contributed by atoms with Gasteiger partial charge in [0.15, 0.2) is 0 Å². The lowest BCUT2D eigenvalue weighted by Gasteiger charge is -2.17. The van der Waals surface area contributed by atoms with Crippen LogP contribution in [0, 0.1) is 0 Å². The van der Waals surface area contributed by atoms with Crippen molar-refractivity contribution in [2.24, 2.45) is 0 Å². The smallest absolute Gasteiger partial charge is 0.0978 e. The van der Waals surface area contributed by atoms with Gasteiger partial charge in [-0.25, -0.2) is 0 Å². The topological polar surface area (TPSA) is 9.23 Å². The number of allylic oxidation sites excluding steroid dienone is 5. The summed E-state index contributed by atoms with van der Waals surface area (Å²) in [5, 5.41) is 0. The molecule has 0 aliphatic rings. The Morgan fingerprint density at radius 2 is 0.912 bits per heavy atom. The van der Waals surface area contributed by atoms with Crippen molar-refractivity contribution in [2.75, 3.05) is 0 Å². The standard InChI is InChI=1S/C33H62O/c1-4-7-10-12-14-16-17-18-19-20-21-22-23-25-27-29-31-33(34-32-9-6-3)30-28-26-24-15-13-11-8-5-2/h9,14,16,18-19,32-33H,4-8,10-13,15,17,20-31H2,1-3H3/b16-14-,19-18-,32-9+. The van der Waals surface area contributed by atoms with Gasteiger partial charge in [0.25, 0.3) is 0 Å². The lowest BCUT2D eigenvalue weighted by atomic mass is 10.0. The van der Waals surface area contributed by atoms with Gasteiger partial charge in [0.1, 0.15) is 0 Å². The Balaban J connectivity index is 3.66. The first-order chi connectivity index (χ1) is 16.8. The average molecular weight is 475 g/mol. The molecule has 0 aromatic carbocycles. The number of hydrogen-bond acceptors (Lipinski definition) is 1. The van der Waals surface area contributed by atoms with E-state index >= 15 is 0 Å². The Morgan fingerprint density at radius 3 is 1.44 bits per heavy atom. The quantitative estimate of drug-likeness (QED) is 0.0653. The minimum atomic E-state index is 0.439. The largest absolute Gasteiger partial charge is 0.498 e. The van der Waals surface area contributed by atoms with Crippen LogP contribution >= 0.6 is 0 Å². The third kappa shape index (κ3) is 27.3. The molecule has 0 rings (SSSR count). The van der Waals surface area contributed by atoms with Gasteiger partial charge < -0.3 is 4.74 Å². The van der Waals surface area contributed by atoms with Gasteiger partial charge >= 0.3 is 0 Å². The minimum absolute atomic E-state index is 0.439. The summed E-state index contributed by atoms with van der Waals surface area (Å²) in [6.45, 7) is 6.74. The molecule has 1 unspecified atom stereocenters. The van der Waals surface area contributed by atoms with E-state index in [2.05, 4.69) is 51.2 Å². The van der Waals surface area contributed by atoms with E-state index in [0.717, 1.165) is 12.8 Å². The van der Waals surface area contributed by atoms with Crippen molar-refractivity contribution in [1.82, 2.24) is 0 Å². The number of rotatable bonds is 27. The van der Waals surface area contributed by atoms with E-state index in [0.29, 0.717) is 6.10 Å². The predicted octanol–water partition coefficient (Wildman–Crippen LogP) is 12.0. The molecule has 0 heterocycles. The molecule has 0 saturated heterocycles. The Hall–Kier alpha value is -0.980. The summed E-state index contributed by atoms with van der Waals surface area (Å²) in [6.07, 6.45) is 44.5. The van der Waals surface area contributed by atoms with Crippen LogP contribution in [0.1, 0.15) is 168 Å². The second-order valence-corrected chi connectivity index (χ2v) is 10.2. The van der Waals surface area contributed by atoms with Gasteiger partial charge in [-0.05, 0) is 64.2 Å². The molecule has 1 heteroatoms. The molecule has 0 aromatic heterocycles. The normalized spacial score (nSPS) is 13.0. The zero-order chi connectivity index (χ0) is 24.8. The zero-order valence-electron chi connectivity index (χ0n) is 23.7. The van der Waals surface area contributed by atoms with Crippen molar-refractivity contribution in [3.8, 4) is 0 Å². The summed E-state index contributed by atoms with van der Waals surface area (Å²) < 4.78 is 6.07. The fourth-order valence-electron chi connectivity index (χ4n) is 4.41. The summed E-state index contributed by atoms with van der Waals surface area (Å²) in [5.41, 5.74) is 0. The van der Waals surface area contributed by atoms with Crippen molar-refractivity contribution in [2.45, 2.75) is 175 Å². The Kier molecular flexibility index (Phi) is 29.2. The molecule has 0 aromatic rings. The maximum Gasteiger partial charge on any atom is 0.0978 e. The highest BCUT2D eigenvalue weighted by atomic mass is 16.5. The first kappa shape index (κ1) is 33.0. The average Bonchev–Trinajstić information content (AvgIpc) is 2.85. The highest BCUT2D eigenvalue weighted by Gasteiger charge is 2.08. The molecule has 0 aliphatic carbocycles. The van der Waals surface area contributed by atoms with Crippen LogP contribution in [0.3, 0.4) is 0 Å². The second-order valence-electron chi connectivity index (χ2n) is 10.2. The maximum absolute atomic E-state index is 6.07. The van der Waals surface area contributed by atoms with Gasteiger partial charge in [0, 0.05) is 0 Å². The Bertz CT molecular complexity index is 447. The summed E-state index contributed by atoms with van der Waals surface area (Å²) in [6, 6.07) is 0. The molecule has 0 N–H and O–H groups in total. The van der Waals surface area contributed by atoms with E-state index in [1.54, 1.807) is 0 Å². The minimum Gasteiger partial charge on any atom is -0.498 e. The third-order valence-electron chi connectivity index (χ3n) is 6.71. The Morgan fingerprint density at radius 1 is 0.471 bits per heavy atom.